The Morgan fingerprint density at radius 3 is 2.80 bits per heavy atom. The van der Waals surface area contributed by atoms with E-state index < -0.39 is 0 Å². The number of fused-ring (bicyclic) bond motifs is 1. The van der Waals surface area contributed by atoms with Crippen molar-refractivity contribution in [1.82, 2.24) is 9.38 Å². The molecule has 5 heteroatoms. The molecule has 0 aliphatic heterocycles. The van der Waals surface area contributed by atoms with Gasteiger partial charge in [0.1, 0.15) is 5.03 Å². The molecule has 1 unspecified atom stereocenters. The number of aromatic nitrogens is 2. The van der Waals surface area contributed by atoms with E-state index in [1.165, 1.54) is 16.2 Å². The standard InChI is InChI=1S/C15H17N3S2/c1-10-3-5-12(6-4-10)20-14-13(9-11(2)16)18-7-8-19-15(18)17-14/h3-8,11H,9,16H2,1-2H3. The van der Waals surface area contributed by atoms with E-state index in [9.17, 15) is 0 Å². The second kappa shape index (κ2) is 5.60. The lowest BCUT2D eigenvalue weighted by atomic mass is 10.2. The van der Waals surface area contributed by atoms with E-state index in [-0.39, 0.29) is 6.04 Å². The average molecular weight is 303 g/mol. The Bertz CT molecular complexity index is 710. The predicted molar refractivity (Wildman–Crippen MR) is 85.7 cm³/mol. The molecule has 104 valence electrons. The van der Waals surface area contributed by atoms with Gasteiger partial charge in [0.2, 0.25) is 0 Å². The lowest BCUT2D eigenvalue weighted by Crippen LogP contribution is -2.19. The molecule has 0 bridgehead atoms. The molecule has 3 nitrogen and oxygen atoms in total. The van der Waals surface area contributed by atoms with Crippen molar-refractivity contribution in [1.29, 1.82) is 0 Å². The Morgan fingerprint density at radius 2 is 2.10 bits per heavy atom. The molecule has 2 heterocycles. The van der Waals surface area contributed by atoms with Crippen LogP contribution >= 0.6 is 23.1 Å². The fraction of sp³-hybridized carbons (Fsp3) is 0.267. The molecule has 3 rings (SSSR count). The summed E-state index contributed by atoms with van der Waals surface area (Å²) >= 11 is 3.37. The van der Waals surface area contributed by atoms with E-state index in [1.807, 2.05) is 6.92 Å². The van der Waals surface area contributed by atoms with Gasteiger partial charge in [0, 0.05) is 28.9 Å². The van der Waals surface area contributed by atoms with Crippen LogP contribution in [0.5, 0.6) is 0 Å². The number of hydrogen-bond acceptors (Lipinski definition) is 4. The van der Waals surface area contributed by atoms with Crippen molar-refractivity contribution < 1.29 is 0 Å². The number of hydrogen-bond donors (Lipinski definition) is 1. The van der Waals surface area contributed by atoms with Gasteiger partial charge in [-0.1, -0.05) is 29.5 Å². The highest BCUT2D eigenvalue weighted by Crippen LogP contribution is 2.32. The number of aryl methyl sites for hydroxylation is 1. The highest BCUT2D eigenvalue weighted by atomic mass is 32.2. The van der Waals surface area contributed by atoms with Crippen molar-refractivity contribution in [2.45, 2.75) is 36.2 Å². The third-order valence-corrected chi connectivity index (χ3v) is 4.86. The van der Waals surface area contributed by atoms with E-state index in [0.29, 0.717) is 0 Å². The third-order valence-electron chi connectivity index (χ3n) is 3.08. The highest BCUT2D eigenvalue weighted by molar-refractivity contribution is 7.99. The molecule has 0 saturated carbocycles. The Kier molecular flexibility index (Phi) is 3.83. The Hall–Kier alpha value is -1.30. The zero-order valence-corrected chi connectivity index (χ0v) is 13.2. The van der Waals surface area contributed by atoms with E-state index >= 15 is 0 Å². The first-order valence-corrected chi connectivity index (χ1v) is 8.27. The second-order valence-electron chi connectivity index (χ2n) is 5.02. The van der Waals surface area contributed by atoms with Crippen molar-refractivity contribution >= 4 is 28.1 Å². The van der Waals surface area contributed by atoms with Crippen LogP contribution in [-0.4, -0.2) is 15.4 Å². The van der Waals surface area contributed by atoms with Gasteiger partial charge in [-0.2, -0.15) is 0 Å². The molecule has 3 aromatic rings. The molecule has 0 spiro atoms. The number of nitrogens with zero attached hydrogens (tertiary/aromatic N) is 2. The van der Waals surface area contributed by atoms with Crippen LogP contribution in [0.3, 0.4) is 0 Å². The predicted octanol–water partition coefficient (Wildman–Crippen LogP) is 3.75. The number of rotatable bonds is 4. The minimum absolute atomic E-state index is 0.132. The molecule has 0 aliphatic rings. The monoisotopic (exact) mass is 303 g/mol. The van der Waals surface area contributed by atoms with Gasteiger partial charge in [-0.15, -0.1) is 11.3 Å². The molecule has 20 heavy (non-hydrogen) atoms. The lowest BCUT2D eigenvalue weighted by Gasteiger charge is -2.07. The number of benzene rings is 1. The van der Waals surface area contributed by atoms with E-state index in [1.54, 1.807) is 23.1 Å². The smallest absolute Gasteiger partial charge is 0.194 e. The van der Waals surface area contributed by atoms with Gasteiger partial charge in [-0.05, 0) is 26.0 Å². The first-order valence-electron chi connectivity index (χ1n) is 6.58. The molecule has 0 radical (unpaired) electrons. The number of thiazole rings is 1. The summed E-state index contributed by atoms with van der Waals surface area (Å²) in [5.41, 5.74) is 8.46. The molecule has 0 amide bonds. The van der Waals surface area contributed by atoms with E-state index in [0.717, 1.165) is 16.4 Å². The van der Waals surface area contributed by atoms with Crippen LogP contribution in [0, 0.1) is 6.92 Å². The van der Waals surface area contributed by atoms with Crippen molar-refractivity contribution in [3.8, 4) is 0 Å². The van der Waals surface area contributed by atoms with E-state index in [4.69, 9.17) is 10.7 Å². The van der Waals surface area contributed by atoms with Crippen LogP contribution in [0.2, 0.25) is 0 Å². The first-order chi connectivity index (χ1) is 9.63. The average Bonchev–Trinajstić information content (AvgIpc) is 2.96. The van der Waals surface area contributed by atoms with Crippen LogP contribution in [0.25, 0.3) is 4.96 Å². The fourth-order valence-corrected chi connectivity index (χ4v) is 3.82. The van der Waals surface area contributed by atoms with Crippen LogP contribution in [0.15, 0.2) is 45.8 Å². The molecular formula is C15H17N3S2. The molecule has 0 aliphatic carbocycles. The van der Waals surface area contributed by atoms with Crippen LogP contribution in [0.1, 0.15) is 18.2 Å². The molecule has 0 fully saturated rings. The van der Waals surface area contributed by atoms with Gasteiger partial charge >= 0.3 is 0 Å². The summed E-state index contributed by atoms with van der Waals surface area (Å²) in [4.78, 5) is 6.98. The quantitative estimate of drug-likeness (QED) is 0.798. The molecule has 2 N–H and O–H groups in total. The van der Waals surface area contributed by atoms with Gasteiger partial charge in [0.05, 0.1) is 5.69 Å². The normalized spacial score (nSPS) is 12.9. The minimum atomic E-state index is 0.132. The van der Waals surface area contributed by atoms with Gasteiger partial charge in [-0.3, -0.25) is 4.40 Å². The van der Waals surface area contributed by atoms with Crippen LogP contribution in [-0.2, 0) is 6.42 Å². The van der Waals surface area contributed by atoms with Crippen molar-refractivity contribution in [2.75, 3.05) is 0 Å². The van der Waals surface area contributed by atoms with Crippen LogP contribution in [0.4, 0.5) is 0 Å². The van der Waals surface area contributed by atoms with Gasteiger partial charge < -0.3 is 5.73 Å². The maximum absolute atomic E-state index is 5.98. The summed E-state index contributed by atoms with van der Waals surface area (Å²) in [5, 5.41) is 3.13. The summed E-state index contributed by atoms with van der Waals surface area (Å²) in [6.45, 7) is 4.13. The summed E-state index contributed by atoms with van der Waals surface area (Å²) in [6, 6.07) is 8.68. The molecule has 1 atom stereocenters. The summed E-state index contributed by atoms with van der Waals surface area (Å²) in [6.07, 6.45) is 2.91. The zero-order chi connectivity index (χ0) is 14.1. The maximum Gasteiger partial charge on any atom is 0.194 e. The summed E-state index contributed by atoms with van der Waals surface area (Å²) in [7, 11) is 0. The molecule has 0 saturated heterocycles. The largest absolute Gasteiger partial charge is 0.328 e. The van der Waals surface area contributed by atoms with Crippen molar-refractivity contribution in [3.05, 3.63) is 47.1 Å². The fourth-order valence-electron chi connectivity index (χ4n) is 2.10. The maximum atomic E-state index is 5.98. The topological polar surface area (TPSA) is 43.3 Å². The Labute approximate surface area is 126 Å². The summed E-state index contributed by atoms with van der Waals surface area (Å²) in [5.74, 6) is 0. The van der Waals surface area contributed by atoms with E-state index in [2.05, 4.69) is 47.2 Å². The van der Waals surface area contributed by atoms with Gasteiger partial charge in [0.25, 0.3) is 0 Å². The molecule has 2 aromatic heterocycles. The molecular weight excluding hydrogens is 286 g/mol. The zero-order valence-electron chi connectivity index (χ0n) is 11.5. The first kappa shape index (κ1) is 13.7. The third kappa shape index (κ3) is 2.75. The Balaban J connectivity index is 1.97. The van der Waals surface area contributed by atoms with Crippen molar-refractivity contribution in [2.24, 2.45) is 5.73 Å². The number of imidazole rings is 1. The summed E-state index contributed by atoms with van der Waals surface area (Å²) < 4.78 is 2.16. The number of nitrogens with two attached hydrogens (primary N) is 1. The second-order valence-corrected chi connectivity index (χ2v) is 6.95. The minimum Gasteiger partial charge on any atom is -0.328 e. The lowest BCUT2D eigenvalue weighted by molar-refractivity contribution is 0.706. The van der Waals surface area contributed by atoms with Gasteiger partial charge in [-0.25, -0.2) is 4.98 Å². The van der Waals surface area contributed by atoms with Crippen molar-refractivity contribution in [3.63, 3.8) is 0 Å². The Morgan fingerprint density at radius 1 is 1.35 bits per heavy atom. The van der Waals surface area contributed by atoms with Gasteiger partial charge in [0.15, 0.2) is 4.96 Å². The van der Waals surface area contributed by atoms with Crippen LogP contribution < -0.4 is 5.73 Å². The molecule has 1 aromatic carbocycles. The SMILES string of the molecule is Cc1ccc(Sc2nc3sccn3c2CC(C)N)cc1. The highest BCUT2D eigenvalue weighted by Gasteiger charge is 2.15.